The Balaban J connectivity index is 1.97. The molecule has 2 rings (SSSR count). The van der Waals surface area contributed by atoms with Gasteiger partial charge < -0.3 is 15.5 Å². The van der Waals surface area contributed by atoms with Gasteiger partial charge in [-0.15, -0.1) is 0 Å². The number of hydrogen-bond donors (Lipinski definition) is 1. The van der Waals surface area contributed by atoms with E-state index in [-0.39, 0.29) is 6.04 Å². The van der Waals surface area contributed by atoms with Crippen LogP contribution in [0.2, 0.25) is 0 Å². The molecule has 1 aromatic rings. The quantitative estimate of drug-likeness (QED) is 0.882. The molecule has 0 saturated carbocycles. The molecule has 0 amide bonds. The molecule has 0 aliphatic carbocycles. The van der Waals surface area contributed by atoms with Gasteiger partial charge in [-0.05, 0) is 45.0 Å². The van der Waals surface area contributed by atoms with Crippen molar-refractivity contribution in [1.82, 2.24) is 9.88 Å². The van der Waals surface area contributed by atoms with Crippen molar-refractivity contribution in [3.05, 3.63) is 24.0 Å². The maximum Gasteiger partial charge on any atom is 0.0572 e. The predicted octanol–water partition coefficient (Wildman–Crippen LogP) is 2.02. The molecule has 2 heterocycles. The van der Waals surface area contributed by atoms with Gasteiger partial charge in [0.1, 0.15) is 0 Å². The van der Waals surface area contributed by atoms with Crippen LogP contribution in [-0.2, 0) is 0 Å². The highest BCUT2D eigenvalue weighted by atomic mass is 15.2. The molecule has 1 fully saturated rings. The van der Waals surface area contributed by atoms with Crippen molar-refractivity contribution in [2.75, 3.05) is 32.1 Å². The van der Waals surface area contributed by atoms with Crippen LogP contribution in [0.15, 0.2) is 18.3 Å². The first-order valence-corrected chi connectivity index (χ1v) is 7.24. The highest BCUT2D eigenvalue weighted by Gasteiger charge is 2.22. The second kappa shape index (κ2) is 6.35. The molecule has 0 bridgehead atoms. The molecule has 19 heavy (non-hydrogen) atoms. The first-order valence-electron chi connectivity index (χ1n) is 7.24. The summed E-state index contributed by atoms with van der Waals surface area (Å²) in [5.41, 5.74) is 8.15. The van der Waals surface area contributed by atoms with E-state index < -0.39 is 0 Å². The number of likely N-dealkylation sites (N-methyl/N-ethyl adjacent to an activating group) is 2. The van der Waals surface area contributed by atoms with Gasteiger partial charge in [0, 0.05) is 25.7 Å². The van der Waals surface area contributed by atoms with Crippen LogP contribution in [0.1, 0.15) is 37.9 Å². The second-order valence-electron chi connectivity index (χ2n) is 5.61. The zero-order valence-electron chi connectivity index (χ0n) is 12.3. The molecule has 0 aromatic carbocycles. The summed E-state index contributed by atoms with van der Waals surface area (Å²) in [6.07, 6.45) is 5.49. The molecule has 1 aliphatic rings. The van der Waals surface area contributed by atoms with Crippen LogP contribution in [0, 0.1) is 0 Å². The van der Waals surface area contributed by atoms with Gasteiger partial charge in [-0.3, -0.25) is 4.98 Å². The van der Waals surface area contributed by atoms with E-state index in [1.165, 1.54) is 25.1 Å². The van der Waals surface area contributed by atoms with Crippen molar-refractivity contribution in [3.63, 3.8) is 0 Å². The summed E-state index contributed by atoms with van der Waals surface area (Å²) in [4.78, 5) is 9.23. The van der Waals surface area contributed by atoms with Crippen molar-refractivity contribution in [3.8, 4) is 0 Å². The molecule has 1 aromatic heterocycles. The fourth-order valence-corrected chi connectivity index (χ4v) is 2.68. The van der Waals surface area contributed by atoms with E-state index in [4.69, 9.17) is 5.73 Å². The Morgan fingerprint density at radius 1 is 1.53 bits per heavy atom. The predicted molar refractivity (Wildman–Crippen MR) is 80.4 cm³/mol. The van der Waals surface area contributed by atoms with Crippen LogP contribution in [0.25, 0.3) is 0 Å². The zero-order valence-corrected chi connectivity index (χ0v) is 12.3. The van der Waals surface area contributed by atoms with E-state index in [9.17, 15) is 0 Å². The highest BCUT2D eigenvalue weighted by molar-refractivity contribution is 5.44. The molecule has 0 radical (unpaired) electrons. The lowest BCUT2D eigenvalue weighted by Gasteiger charge is -2.27. The SMILES string of the molecule is CC[C@H](N)c1ccc(N(C)CC2CCCN2C)cn1. The molecular formula is C15H26N4. The van der Waals surface area contributed by atoms with E-state index in [1.54, 1.807) is 0 Å². The molecule has 4 nitrogen and oxygen atoms in total. The smallest absolute Gasteiger partial charge is 0.0572 e. The van der Waals surface area contributed by atoms with Gasteiger partial charge in [0.15, 0.2) is 0 Å². The molecule has 1 unspecified atom stereocenters. The Morgan fingerprint density at radius 2 is 2.32 bits per heavy atom. The fourth-order valence-electron chi connectivity index (χ4n) is 2.68. The average molecular weight is 262 g/mol. The summed E-state index contributed by atoms with van der Waals surface area (Å²) in [5.74, 6) is 0. The lowest BCUT2D eigenvalue weighted by atomic mass is 10.1. The molecular weight excluding hydrogens is 236 g/mol. The highest BCUT2D eigenvalue weighted by Crippen LogP contribution is 2.20. The van der Waals surface area contributed by atoms with Crippen LogP contribution in [0.4, 0.5) is 5.69 Å². The topological polar surface area (TPSA) is 45.4 Å². The van der Waals surface area contributed by atoms with Gasteiger partial charge in [0.2, 0.25) is 0 Å². The number of nitrogens with two attached hydrogens (primary N) is 1. The standard InChI is InChI=1S/C15H26N4/c1-4-14(16)15-8-7-12(10-17-15)19(3)11-13-6-5-9-18(13)2/h7-8,10,13-14H,4-6,9,11,16H2,1-3H3/t13?,14-/m0/s1. The number of likely N-dealkylation sites (tertiary alicyclic amines) is 1. The van der Waals surface area contributed by atoms with E-state index >= 15 is 0 Å². The first kappa shape index (κ1) is 14.3. The van der Waals surface area contributed by atoms with Crippen molar-refractivity contribution in [2.45, 2.75) is 38.3 Å². The van der Waals surface area contributed by atoms with Crippen molar-refractivity contribution < 1.29 is 0 Å². The number of nitrogens with zero attached hydrogens (tertiary/aromatic N) is 3. The minimum Gasteiger partial charge on any atom is -0.372 e. The number of pyridine rings is 1. The summed E-state index contributed by atoms with van der Waals surface area (Å²) >= 11 is 0. The van der Waals surface area contributed by atoms with Crippen LogP contribution < -0.4 is 10.6 Å². The van der Waals surface area contributed by atoms with Gasteiger partial charge in [-0.2, -0.15) is 0 Å². The summed E-state index contributed by atoms with van der Waals surface area (Å²) in [6.45, 7) is 4.38. The van der Waals surface area contributed by atoms with Gasteiger partial charge >= 0.3 is 0 Å². The van der Waals surface area contributed by atoms with E-state index in [0.717, 1.165) is 18.7 Å². The third-order valence-electron chi connectivity index (χ3n) is 4.19. The number of aromatic nitrogens is 1. The van der Waals surface area contributed by atoms with E-state index in [1.807, 2.05) is 6.20 Å². The Kier molecular flexibility index (Phi) is 4.77. The minimum atomic E-state index is 0.0559. The van der Waals surface area contributed by atoms with E-state index in [2.05, 4.69) is 47.9 Å². The van der Waals surface area contributed by atoms with Gasteiger partial charge in [-0.1, -0.05) is 6.92 Å². The van der Waals surface area contributed by atoms with Gasteiger partial charge in [-0.25, -0.2) is 0 Å². The maximum atomic E-state index is 5.99. The summed E-state index contributed by atoms with van der Waals surface area (Å²) in [7, 11) is 4.36. The zero-order chi connectivity index (χ0) is 13.8. The molecule has 0 spiro atoms. The third kappa shape index (κ3) is 3.45. The van der Waals surface area contributed by atoms with Crippen LogP contribution in [0.3, 0.4) is 0 Å². The van der Waals surface area contributed by atoms with Crippen LogP contribution in [0.5, 0.6) is 0 Å². The molecule has 2 N–H and O–H groups in total. The second-order valence-corrected chi connectivity index (χ2v) is 5.61. The number of hydrogen-bond acceptors (Lipinski definition) is 4. The van der Waals surface area contributed by atoms with Crippen LogP contribution >= 0.6 is 0 Å². The Morgan fingerprint density at radius 3 is 2.84 bits per heavy atom. The Hall–Kier alpha value is -1.13. The van der Waals surface area contributed by atoms with Crippen molar-refractivity contribution >= 4 is 5.69 Å². The molecule has 1 saturated heterocycles. The van der Waals surface area contributed by atoms with Gasteiger partial charge in [0.05, 0.1) is 17.6 Å². The summed E-state index contributed by atoms with van der Waals surface area (Å²) < 4.78 is 0. The molecule has 106 valence electrons. The Labute approximate surface area is 116 Å². The van der Waals surface area contributed by atoms with E-state index in [0.29, 0.717) is 6.04 Å². The monoisotopic (exact) mass is 262 g/mol. The lowest BCUT2D eigenvalue weighted by Crippen LogP contribution is -2.36. The molecule has 1 aliphatic heterocycles. The largest absolute Gasteiger partial charge is 0.372 e. The van der Waals surface area contributed by atoms with Gasteiger partial charge in [0.25, 0.3) is 0 Å². The normalized spacial score (nSPS) is 21.6. The first-order chi connectivity index (χ1) is 9.11. The number of rotatable bonds is 5. The van der Waals surface area contributed by atoms with Crippen LogP contribution in [-0.4, -0.2) is 43.1 Å². The minimum absolute atomic E-state index is 0.0559. The Bertz CT molecular complexity index is 390. The third-order valence-corrected chi connectivity index (χ3v) is 4.19. The summed E-state index contributed by atoms with van der Waals surface area (Å²) in [6, 6.07) is 4.91. The average Bonchev–Trinajstić information content (AvgIpc) is 2.83. The number of anilines is 1. The summed E-state index contributed by atoms with van der Waals surface area (Å²) in [5, 5.41) is 0. The maximum absolute atomic E-state index is 5.99. The molecule has 4 heteroatoms. The lowest BCUT2D eigenvalue weighted by molar-refractivity contribution is 0.314. The van der Waals surface area contributed by atoms with Crippen molar-refractivity contribution in [2.24, 2.45) is 5.73 Å². The fraction of sp³-hybridized carbons (Fsp3) is 0.667. The molecule has 2 atom stereocenters. The van der Waals surface area contributed by atoms with Crippen molar-refractivity contribution in [1.29, 1.82) is 0 Å².